The number of hydrogen-bond donors (Lipinski definition) is 1. The first-order valence-electron chi connectivity index (χ1n) is 9.02. The predicted molar refractivity (Wildman–Crippen MR) is 106 cm³/mol. The number of H-pyrrole nitrogens is 1. The van der Waals surface area contributed by atoms with Crippen molar-refractivity contribution in [2.75, 3.05) is 18.0 Å². The third kappa shape index (κ3) is 3.50. The van der Waals surface area contributed by atoms with Gasteiger partial charge in [0.2, 0.25) is 0 Å². The molecule has 2 aromatic heterocycles. The van der Waals surface area contributed by atoms with Crippen LogP contribution in [0, 0.1) is 11.3 Å². The van der Waals surface area contributed by atoms with Crippen molar-refractivity contribution in [3.63, 3.8) is 0 Å². The van der Waals surface area contributed by atoms with Crippen LogP contribution in [0.5, 0.6) is 0 Å². The summed E-state index contributed by atoms with van der Waals surface area (Å²) in [6.07, 6.45) is -3.05. The minimum atomic E-state index is -4.82. The molecular formula is C19H14Cl2F3N5O. The summed E-state index contributed by atoms with van der Waals surface area (Å²) < 4.78 is 39.7. The third-order valence-electron chi connectivity index (χ3n) is 5.24. The lowest BCUT2D eigenvalue weighted by atomic mass is 9.91. The highest BCUT2D eigenvalue weighted by Crippen LogP contribution is 2.36. The molecule has 4 rings (SSSR count). The van der Waals surface area contributed by atoms with Gasteiger partial charge in [-0.05, 0) is 31.0 Å². The molecule has 1 aliphatic heterocycles. The van der Waals surface area contributed by atoms with Gasteiger partial charge in [-0.1, -0.05) is 23.2 Å². The van der Waals surface area contributed by atoms with Crippen molar-refractivity contribution < 1.29 is 13.2 Å². The minimum absolute atomic E-state index is 0.0336. The quantitative estimate of drug-likeness (QED) is 0.612. The van der Waals surface area contributed by atoms with Gasteiger partial charge in [-0.15, -0.1) is 0 Å². The minimum Gasteiger partial charge on any atom is -0.370 e. The molecule has 1 aliphatic rings. The molecule has 0 bridgehead atoms. The summed E-state index contributed by atoms with van der Waals surface area (Å²) >= 11 is 12.2. The summed E-state index contributed by atoms with van der Waals surface area (Å²) in [5, 5.41) is 14.7. The van der Waals surface area contributed by atoms with E-state index in [1.807, 2.05) is 12.1 Å². The van der Waals surface area contributed by atoms with Gasteiger partial charge in [-0.3, -0.25) is 4.79 Å². The number of nitriles is 1. The number of aromatic nitrogens is 3. The van der Waals surface area contributed by atoms with E-state index in [0.717, 1.165) is 5.69 Å². The predicted octanol–water partition coefficient (Wildman–Crippen LogP) is 4.60. The molecule has 0 radical (unpaired) electrons. The highest BCUT2D eigenvalue weighted by molar-refractivity contribution is 6.36. The SMILES string of the molecule is N#Cc1c(C2CCN(c3ccc(Cl)cc3Cl)CC2)nn2c(=O)c(C(F)(F)F)c[nH]c12. The molecule has 0 amide bonds. The second-order valence-corrected chi connectivity index (χ2v) is 7.84. The second kappa shape index (κ2) is 7.52. The summed E-state index contributed by atoms with van der Waals surface area (Å²) in [5.74, 6) is -0.177. The van der Waals surface area contributed by atoms with E-state index >= 15 is 0 Å². The molecule has 6 nitrogen and oxygen atoms in total. The van der Waals surface area contributed by atoms with E-state index in [2.05, 4.69) is 15.0 Å². The van der Waals surface area contributed by atoms with Crippen molar-refractivity contribution in [2.45, 2.75) is 24.9 Å². The number of fused-ring (bicyclic) bond motifs is 1. The van der Waals surface area contributed by atoms with Gasteiger partial charge in [-0.25, -0.2) is 0 Å². The number of piperidine rings is 1. The molecule has 0 aliphatic carbocycles. The maximum Gasteiger partial charge on any atom is 0.423 e. The molecule has 0 atom stereocenters. The van der Waals surface area contributed by atoms with E-state index in [0.29, 0.717) is 52.4 Å². The van der Waals surface area contributed by atoms with Crippen molar-refractivity contribution in [3.8, 4) is 6.07 Å². The maximum absolute atomic E-state index is 13.0. The standard InChI is InChI=1S/C19H14Cl2F3N5O/c20-11-1-2-15(14(21)7-11)28-5-3-10(4-6-28)16-12(8-25)17-26-9-13(19(22,23)24)18(30)29(17)27-16/h1-2,7,9-10,26H,3-6H2. The van der Waals surface area contributed by atoms with Gasteiger partial charge >= 0.3 is 6.18 Å². The van der Waals surface area contributed by atoms with Gasteiger partial charge in [0.05, 0.1) is 16.4 Å². The number of benzene rings is 1. The summed E-state index contributed by atoms with van der Waals surface area (Å²) in [6, 6.07) is 7.20. The Hall–Kier alpha value is -2.70. The van der Waals surface area contributed by atoms with Crippen LogP contribution >= 0.6 is 23.2 Å². The van der Waals surface area contributed by atoms with Crippen LogP contribution in [0.4, 0.5) is 18.9 Å². The van der Waals surface area contributed by atoms with Crippen molar-refractivity contribution in [1.29, 1.82) is 5.26 Å². The number of hydrogen-bond acceptors (Lipinski definition) is 4. The van der Waals surface area contributed by atoms with Gasteiger partial charge in [0, 0.05) is 30.2 Å². The zero-order valence-electron chi connectivity index (χ0n) is 15.3. The fourth-order valence-corrected chi connectivity index (χ4v) is 4.29. The Morgan fingerprint density at radius 3 is 2.53 bits per heavy atom. The Morgan fingerprint density at radius 1 is 1.23 bits per heavy atom. The Bertz CT molecular complexity index is 1220. The lowest BCUT2D eigenvalue weighted by Crippen LogP contribution is -2.33. The first-order valence-corrected chi connectivity index (χ1v) is 9.78. The van der Waals surface area contributed by atoms with Crippen LogP contribution in [0.1, 0.15) is 35.6 Å². The molecule has 1 saturated heterocycles. The lowest BCUT2D eigenvalue weighted by molar-refractivity contribution is -0.139. The molecule has 30 heavy (non-hydrogen) atoms. The number of halogens is 5. The van der Waals surface area contributed by atoms with Crippen LogP contribution in [0.25, 0.3) is 5.65 Å². The van der Waals surface area contributed by atoms with Crippen molar-refractivity contribution in [3.05, 3.63) is 61.6 Å². The number of alkyl halides is 3. The van der Waals surface area contributed by atoms with Crippen molar-refractivity contribution in [1.82, 2.24) is 14.6 Å². The second-order valence-electron chi connectivity index (χ2n) is 6.99. The van der Waals surface area contributed by atoms with Crippen LogP contribution in [-0.4, -0.2) is 27.7 Å². The van der Waals surface area contributed by atoms with Gasteiger partial charge in [0.25, 0.3) is 5.56 Å². The highest BCUT2D eigenvalue weighted by atomic mass is 35.5. The molecule has 11 heteroatoms. The summed E-state index contributed by atoms with van der Waals surface area (Å²) in [6.45, 7) is 1.21. The Labute approximate surface area is 178 Å². The van der Waals surface area contributed by atoms with Crippen LogP contribution in [-0.2, 0) is 6.18 Å². The van der Waals surface area contributed by atoms with Crippen molar-refractivity contribution in [2.24, 2.45) is 0 Å². The van der Waals surface area contributed by atoms with Gasteiger partial charge in [-0.2, -0.15) is 28.0 Å². The van der Waals surface area contributed by atoms with E-state index in [4.69, 9.17) is 23.2 Å². The molecule has 1 aromatic carbocycles. The summed E-state index contributed by atoms with van der Waals surface area (Å²) in [4.78, 5) is 16.7. The topological polar surface area (TPSA) is 77.2 Å². The molecule has 0 spiro atoms. The Kier molecular flexibility index (Phi) is 5.16. The first-order chi connectivity index (χ1) is 14.2. The maximum atomic E-state index is 13.0. The molecular weight excluding hydrogens is 442 g/mol. The third-order valence-corrected chi connectivity index (χ3v) is 5.78. The largest absolute Gasteiger partial charge is 0.423 e. The van der Waals surface area contributed by atoms with E-state index < -0.39 is 17.3 Å². The van der Waals surface area contributed by atoms with E-state index in [1.165, 1.54) is 0 Å². The molecule has 0 unspecified atom stereocenters. The van der Waals surface area contributed by atoms with Gasteiger partial charge < -0.3 is 9.88 Å². The normalized spacial score (nSPS) is 15.5. The highest BCUT2D eigenvalue weighted by Gasteiger charge is 2.36. The first kappa shape index (κ1) is 20.6. The zero-order chi connectivity index (χ0) is 21.6. The zero-order valence-corrected chi connectivity index (χ0v) is 16.8. The summed E-state index contributed by atoms with van der Waals surface area (Å²) in [7, 11) is 0. The summed E-state index contributed by atoms with van der Waals surface area (Å²) in [5.41, 5.74) is -1.45. The number of aromatic amines is 1. The lowest BCUT2D eigenvalue weighted by Gasteiger charge is -2.33. The fraction of sp³-hybridized carbons (Fsp3) is 0.316. The molecule has 156 valence electrons. The van der Waals surface area contributed by atoms with Crippen LogP contribution in [0.15, 0.2) is 29.2 Å². The Morgan fingerprint density at radius 2 is 1.93 bits per heavy atom. The molecule has 1 fully saturated rings. The number of nitrogens with zero attached hydrogens (tertiary/aromatic N) is 4. The smallest absolute Gasteiger partial charge is 0.370 e. The van der Waals surface area contributed by atoms with Crippen LogP contribution in [0.2, 0.25) is 10.0 Å². The Balaban J connectivity index is 1.65. The van der Waals surface area contributed by atoms with E-state index in [9.17, 15) is 23.2 Å². The number of nitrogens with one attached hydrogen (secondary N) is 1. The molecule has 1 N–H and O–H groups in total. The van der Waals surface area contributed by atoms with E-state index in [-0.39, 0.29) is 17.1 Å². The fourth-order valence-electron chi connectivity index (χ4n) is 3.76. The average molecular weight is 456 g/mol. The monoisotopic (exact) mass is 455 g/mol. The van der Waals surface area contributed by atoms with Crippen molar-refractivity contribution >= 4 is 34.5 Å². The number of anilines is 1. The molecule has 0 saturated carbocycles. The van der Waals surface area contributed by atoms with Crippen LogP contribution in [0.3, 0.4) is 0 Å². The molecule has 3 aromatic rings. The van der Waals surface area contributed by atoms with E-state index in [1.54, 1.807) is 12.1 Å². The van der Waals surface area contributed by atoms with Crippen LogP contribution < -0.4 is 10.5 Å². The van der Waals surface area contributed by atoms with Gasteiger partial charge in [0.1, 0.15) is 17.2 Å². The number of rotatable bonds is 2. The average Bonchev–Trinajstić information content (AvgIpc) is 3.07. The van der Waals surface area contributed by atoms with Gasteiger partial charge in [0.15, 0.2) is 5.65 Å². The molecule has 3 heterocycles.